The van der Waals surface area contributed by atoms with Crippen molar-refractivity contribution in [1.29, 1.82) is 0 Å². The second-order valence-corrected chi connectivity index (χ2v) is 6.89. The molecule has 0 radical (unpaired) electrons. The highest BCUT2D eigenvalue weighted by Gasteiger charge is 2.41. The predicted octanol–water partition coefficient (Wildman–Crippen LogP) is 3.73. The van der Waals surface area contributed by atoms with Crippen molar-refractivity contribution in [2.24, 2.45) is 0 Å². The van der Waals surface area contributed by atoms with Gasteiger partial charge in [0, 0.05) is 22.7 Å². The van der Waals surface area contributed by atoms with Crippen LogP contribution in [0.4, 0.5) is 5.69 Å². The molecule has 0 fully saturated rings. The van der Waals surface area contributed by atoms with Crippen LogP contribution < -0.4 is 4.90 Å². The summed E-state index contributed by atoms with van der Waals surface area (Å²) in [4.78, 5) is 32.0. The molecule has 3 heterocycles. The maximum Gasteiger partial charge on any atom is 0.284 e. The van der Waals surface area contributed by atoms with E-state index in [0.717, 1.165) is 22.4 Å². The molecule has 134 valence electrons. The van der Waals surface area contributed by atoms with Gasteiger partial charge in [0.05, 0.1) is 24.5 Å². The molecule has 0 spiro atoms. The average molecular weight is 371 g/mol. The molecule has 1 aromatic heterocycles. The Hall–Kier alpha value is -2.24. The molecule has 2 aliphatic heterocycles. The number of nitrogens with zero attached hydrogens (tertiary/aromatic N) is 2. The van der Waals surface area contributed by atoms with E-state index in [1.54, 1.807) is 6.07 Å². The lowest BCUT2D eigenvalue weighted by atomic mass is 10.0. The van der Waals surface area contributed by atoms with Crippen molar-refractivity contribution in [1.82, 2.24) is 4.98 Å². The van der Waals surface area contributed by atoms with Gasteiger partial charge in [0.2, 0.25) is 0 Å². The fourth-order valence-electron chi connectivity index (χ4n) is 3.69. The van der Waals surface area contributed by atoms with Gasteiger partial charge in [-0.25, -0.2) is 9.88 Å². The summed E-state index contributed by atoms with van der Waals surface area (Å²) < 4.78 is 5.45. The summed E-state index contributed by atoms with van der Waals surface area (Å²) in [5.74, 6) is -0.705. The fourth-order valence-corrected chi connectivity index (χ4v) is 3.98. The number of hydrogen-bond acceptors (Lipinski definition) is 4. The summed E-state index contributed by atoms with van der Waals surface area (Å²) in [6, 6.07) is 5.47. The molecule has 2 aliphatic rings. The van der Waals surface area contributed by atoms with Gasteiger partial charge in [-0.3, -0.25) is 9.59 Å². The van der Waals surface area contributed by atoms with E-state index >= 15 is 0 Å². The highest BCUT2D eigenvalue weighted by atomic mass is 35.5. The Morgan fingerprint density at radius 2 is 2.00 bits per heavy atom. The number of rotatable bonds is 3. The van der Waals surface area contributed by atoms with Gasteiger partial charge in [-0.2, -0.15) is 0 Å². The molecular formula is C20H19ClN2O3. The van der Waals surface area contributed by atoms with E-state index in [1.807, 2.05) is 26.0 Å². The predicted molar refractivity (Wildman–Crippen MR) is 98.9 cm³/mol. The zero-order chi connectivity index (χ0) is 18.4. The van der Waals surface area contributed by atoms with E-state index in [9.17, 15) is 9.59 Å². The number of carbonyl (C=O) groups is 2. The van der Waals surface area contributed by atoms with E-state index < -0.39 is 0 Å². The minimum atomic E-state index is -0.369. The van der Waals surface area contributed by atoms with Crippen LogP contribution >= 0.6 is 11.6 Å². The van der Waals surface area contributed by atoms with Gasteiger partial charge in [0.15, 0.2) is 0 Å². The summed E-state index contributed by atoms with van der Waals surface area (Å²) in [5.41, 5.74) is 4.67. The molecule has 5 nitrogen and oxygen atoms in total. The maximum atomic E-state index is 13.1. The molecule has 0 bridgehead atoms. The normalized spacial score (nSPS) is 16.0. The molecular weight excluding hydrogens is 352 g/mol. The lowest BCUT2D eigenvalue weighted by molar-refractivity contribution is 0.0924. The second-order valence-electron chi connectivity index (χ2n) is 6.48. The molecule has 0 N–H and O–H groups in total. The van der Waals surface area contributed by atoms with Crippen LogP contribution in [0.1, 0.15) is 57.1 Å². The van der Waals surface area contributed by atoms with Crippen LogP contribution in [0.2, 0.25) is 5.02 Å². The zero-order valence-electron chi connectivity index (χ0n) is 14.8. The number of imide groups is 1. The number of amides is 2. The number of halogens is 1. The number of anilines is 1. The van der Waals surface area contributed by atoms with Crippen molar-refractivity contribution < 1.29 is 14.3 Å². The monoisotopic (exact) mass is 370 g/mol. The van der Waals surface area contributed by atoms with Crippen molar-refractivity contribution in [3.8, 4) is 0 Å². The molecule has 0 atom stereocenters. The van der Waals surface area contributed by atoms with Gasteiger partial charge in [0.25, 0.3) is 11.8 Å². The third kappa shape index (κ3) is 2.46. The molecule has 2 aromatic rings. The average Bonchev–Trinajstić information content (AvgIpc) is 2.89. The Balaban J connectivity index is 1.89. The number of pyridine rings is 1. The third-order valence-electron chi connectivity index (χ3n) is 5.04. The quantitative estimate of drug-likeness (QED) is 0.772. The number of ether oxygens (including phenoxy) is 1. The van der Waals surface area contributed by atoms with Crippen LogP contribution in [-0.4, -0.2) is 23.4 Å². The highest BCUT2D eigenvalue weighted by molar-refractivity contribution is 6.36. The van der Waals surface area contributed by atoms with E-state index in [4.69, 9.17) is 16.3 Å². The second kappa shape index (κ2) is 6.49. The number of fused-ring (bicyclic) bond motifs is 2. The topological polar surface area (TPSA) is 59.5 Å². The zero-order valence-corrected chi connectivity index (χ0v) is 15.5. The van der Waals surface area contributed by atoms with Crippen LogP contribution in [0, 0.1) is 0 Å². The Labute approximate surface area is 156 Å². The Kier molecular flexibility index (Phi) is 4.29. The SMILES string of the molecule is CCc1ccc(Cl)c(CC)c1N1C(=O)c2cc3c(nc2C1=O)CCOC3. The Morgan fingerprint density at radius 3 is 2.73 bits per heavy atom. The Morgan fingerprint density at radius 1 is 1.19 bits per heavy atom. The van der Waals surface area contributed by atoms with Gasteiger partial charge in [-0.1, -0.05) is 31.5 Å². The van der Waals surface area contributed by atoms with E-state index in [-0.39, 0.29) is 17.5 Å². The molecule has 26 heavy (non-hydrogen) atoms. The van der Waals surface area contributed by atoms with E-state index in [0.29, 0.717) is 48.7 Å². The molecule has 6 heteroatoms. The van der Waals surface area contributed by atoms with Crippen LogP contribution in [0.5, 0.6) is 0 Å². The fraction of sp³-hybridized carbons (Fsp3) is 0.350. The summed E-state index contributed by atoms with van der Waals surface area (Å²) >= 11 is 6.37. The van der Waals surface area contributed by atoms with Crippen molar-refractivity contribution in [2.75, 3.05) is 11.5 Å². The van der Waals surface area contributed by atoms with Gasteiger partial charge in [0.1, 0.15) is 5.69 Å². The Bertz CT molecular complexity index is 894. The van der Waals surface area contributed by atoms with E-state index in [1.165, 1.54) is 4.90 Å². The van der Waals surface area contributed by atoms with Crippen LogP contribution in [0.15, 0.2) is 18.2 Å². The molecule has 0 saturated heterocycles. The van der Waals surface area contributed by atoms with Gasteiger partial charge < -0.3 is 4.74 Å². The number of benzene rings is 1. The van der Waals surface area contributed by atoms with Crippen LogP contribution in [-0.2, 0) is 30.6 Å². The van der Waals surface area contributed by atoms with Crippen molar-refractivity contribution >= 4 is 29.1 Å². The lowest BCUT2D eigenvalue weighted by Crippen LogP contribution is -2.31. The van der Waals surface area contributed by atoms with Crippen molar-refractivity contribution in [3.05, 3.63) is 56.9 Å². The van der Waals surface area contributed by atoms with E-state index in [2.05, 4.69) is 4.98 Å². The largest absolute Gasteiger partial charge is 0.376 e. The molecule has 0 unspecified atom stereocenters. The highest BCUT2D eigenvalue weighted by Crippen LogP contribution is 2.37. The maximum absolute atomic E-state index is 13.1. The minimum absolute atomic E-state index is 0.236. The van der Waals surface area contributed by atoms with Crippen LogP contribution in [0.3, 0.4) is 0 Å². The van der Waals surface area contributed by atoms with Crippen molar-refractivity contribution in [3.63, 3.8) is 0 Å². The first-order valence-corrected chi connectivity index (χ1v) is 9.24. The number of hydrogen-bond donors (Lipinski definition) is 0. The van der Waals surface area contributed by atoms with Gasteiger partial charge >= 0.3 is 0 Å². The van der Waals surface area contributed by atoms with Crippen LogP contribution in [0.25, 0.3) is 0 Å². The number of aromatic nitrogens is 1. The molecule has 0 saturated carbocycles. The lowest BCUT2D eigenvalue weighted by Gasteiger charge is -2.22. The molecule has 0 aliphatic carbocycles. The molecule has 2 amide bonds. The van der Waals surface area contributed by atoms with Gasteiger partial charge in [-0.15, -0.1) is 0 Å². The molecule has 4 rings (SSSR count). The molecule has 1 aromatic carbocycles. The number of carbonyl (C=O) groups excluding carboxylic acids is 2. The summed E-state index contributed by atoms with van der Waals surface area (Å²) in [6.45, 7) is 4.98. The van der Waals surface area contributed by atoms with Crippen molar-refractivity contribution in [2.45, 2.75) is 39.7 Å². The van der Waals surface area contributed by atoms with Gasteiger partial charge in [-0.05, 0) is 36.1 Å². The first-order valence-electron chi connectivity index (χ1n) is 8.86. The smallest absolute Gasteiger partial charge is 0.284 e. The third-order valence-corrected chi connectivity index (χ3v) is 5.39. The first-order chi connectivity index (χ1) is 12.6. The summed E-state index contributed by atoms with van der Waals surface area (Å²) in [5, 5.41) is 0.567. The first kappa shape index (κ1) is 17.2. The summed E-state index contributed by atoms with van der Waals surface area (Å²) in [6.07, 6.45) is 1.99. The number of aryl methyl sites for hydroxylation is 1. The summed E-state index contributed by atoms with van der Waals surface area (Å²) in [7, 11) is 0. The standard InChI is InChI=1S/C20H19ClN2O3/c1-3-11-5-6-15(21)13(4-2)18(11)23-19(24)14-9-12-10-26-8-7-16(12)22-17(14)20(23)25/h5-6,9H,3-4,7-8,10H2,1-2H3. The minimum Gasteiger partial charge on any atom is -0.376 e.